The Balaban J connectivity index is 2.32. The van der Waals surface area contributed by atoms with Gasteiger partial charge in [-0.2, -0.15) is 0 Å². The second-order valence-electron chi connectivity index (χ2n) is 4.31. The molecule has 0 amide bonds. The molecular weight excluding hydrogens is 224 g/mol. The molecule has 0 radical (unpaired) electrons. The van der Waals surface area contributed by atoms with Crippen LogP contribution >= 0.6 is 0 Å². The van der Waals surface area contributed by atoms with Crippen molar-refractivity contribution in [3.05, 3.63) is 30.5 Å². The van der Waals surface area contributed by atoms with E-state index in [2.05, 4.69) is 30.2 Å². The van der Waals surface area contributed by atoms with Gasteiger partial charge in [0.05, 0.1) is 12.1 Å². The van der Waals surface area contributed by atoms with Crippen LogP contribution in [0.15, 0.2) is 30.5 Å². The van der Waals surface area contributed by atoms with E-state index in [1.807, 2.05) is 24.4 Å². The van der Waals surface area contributed by atoms with Crippen LogP contribution in [0, 0.1) is 0 Å². The van der Waals surface area contributed by atoms with Crippen LogP contribution in [-0.2, 0) is 0 Å². The van der Waals surface area contributed by atoms with Crippen LogP contribution in [0.4, 0.5) is 5.69 Å². The predicted molar refractivity (Wildman–Crippen MR) is 76.3 cm³/mol. The molecule has 0 saturated carbocycles. The number of nitrogens with zero attached hydrogens (tertiary/aromatic N) is 1. The molecule has 3 heteroatoms. The van der Waals surface area contributed by atoms with Crippen LogP contribution in [0.25, 0.3) is 10.9 Å². The standard InChI is InChI=1S/C15H20N2O/c1-3-8-16-15-7-9-17-14-6-5-12(11-13(14)15)18-10-4-2/h5-7,9,11H,3-4,8,10H2,1-2H3,(H,16,17). The van der Waals surface area contributed by atoms with E-state index in [1.54, 1.807) is 0 Å². The van der Waals surface area contributed by atoms with Gasteiger partial charge in [-0.15, -0.1) is 0 Å². The lowest BCUT2D eigenvalue weighted by molar-refractivity contribution is 0.318. The van der Waals surface area contributed by atoms with Gasteiger partial charge >= 0.3 is 0 Å². The first-order valence-corrected chi connectivity index (χ1v) is 6.60. The minimum atomic E-state index is 0.753. The molecule has 0 saturated heterocycles. The maximum atomic E-state index is 5.67. The van der Waals surface area contributed by atoms with Crippen LogP contribution in [0.3, 0.4) is 0 Å². The summed E-state index contributed by atoms with van der Waals surface area (Å²) in [4.78, 5) is 4.38. The van der Waals surface area contributed by atoms with Gasteiger partial charge in [0.15, 0.2) is 0 Å². The molecule has 2 rings (SSSR count). The highest BCUT2D eigenvalue weighted by Gasteiger charge is 2.03. The second kappa shape index (κ2) is 6.24. The summed E-state index contributed by atoms with van der Waals surface area (Å²) in [5, 5.41) is 4.55. The Morgan fingerprint density at radius 3 is 2.83 bits per heavy atom. The molecule has 0 bridgehead atoms. The lowest BCUT2D eigenvalue weighted by Gasteiger charge is -2.10. The van der Waals surface area contributed by atoms with Gasteiger partial charge in [-0.3, -0.25) is 4.98 Å². The largest absolute Gasteiger partial charge is 0.494 e. The van der Waals surface area contributed by atoms with E-state index in [0.717, 1.165) is 48.3 Å². The molecular formula is C15H20N2O. The lowest BCUT2D eigenvalue weighted by Crippen LogP contribution is -2.01. The molecule has 0 aliphatic rings. The first-order chi connectivity index (χ1) is 8.85. The van der Waals surface area contributed by atoms with E-state index in [-0.39, 0.29) is 0 Å². The summed E-state index contributed by atoms with van der Waals surface area (Å²) < 4.78 is 5.67. The highest BCUT2D eigenvalue weighted by atomic mass is 16.5. The van der Waals surface area contributed by atoms with Gasteiger partial charge in [-0.05, 0) is 37.1 Å². The van der Waals surface area contributed by atoms with Crippen molar-refractivity contribution in [2.24, 2.45) is 0 Å². The van der Waals surface area contributed by atoms with Gasteiger partial charge in [0.1, 0.15) is 5.75 Å². The number of hydrogen-bond donors (Lipinski definition) is 1. The third kappa shape index (κ3) is 2.92. The average molecular weight is 244 g/mol. The number of aromatic nitrogens is 1. The molecule has 0 fully saturated rings. The van der Waals surface area contributed by atoms with Crippen molar-refractivity contribution in [1.82, 2.24) is 4.98 Å². The number of rotatable bonds is 6. The quantitative estimate of drug-likeness (QED) is 0.838. The molecule has 0 atom stereocenters. The maximum Gasteiger partial charge on any atom is 0.120 e. The van der Waals surface area contributed by atoms with Gasteiger partial charge < -0.3 is 10.1 Å². The minimum Gasteiger partial charge on any atom is -0.494 e. The smallest absolute Gasteiger partial charge is 0.120 e. The zero-order valence-corrected chi connectivity index (χ0v) is 11.1. The van der Waals surface area contributed by atoms with E-state index >= 15 is 0 Å². The zero-order valence-electron chi connectivity index (χ0n) is 11.1. The van der Waals surface area contributed by atoms with E-state index < -0.39 is 0 Å². The zero-order chi connectivity index (χ0) is 12.8. The van der Waals surface area contributed by atoms with Crippen LogP contribution in [0.5, 0.6) is 5.75 Å². The Bertz CT molecular complexity index is 511. The van der Waals surface area contributed by atoms with E-state index in [0.29, 0.717) is 0 Å². The van der Waals surface area contributed by atoms with Crippen molar-refractivity contribution >= 4 is 16.6 Å². The number of pyridine rings is 1. The van der Waals surface area contributed by atoms with Crippen LogP contribution in [-0.4, -0.2) is 18.1 Å². The van der Waals surface area contributed by atoms with Crippen LogP contribution in [0.1, 0.15) is 26.7 Å². The van der Waals surface area contributed by atoms with Crippen molar-refractivity contribution in [3.63, 3.8) is 0 Å². The first-order valence-electron chi connectivity index (χ1n) is 6.60. The molecule has 2 aromatic rings. The molecule has 0 aliphatic heterocycles. The Labute approximate surface area is 108 Å². The SMILES string of the molecule is CCCNc1ccnc2ccc(OCCC)cc12. The molecule has 96 valence electrons. The molecule has 3 nitrogen and oxygen atoms in total. The Kier molecular flexibility index (Phi) is 4.40. The van der Waals surface area contributed by atoms with Crippen LogP contribution in [0.2, 0.25) is 0 Å². The fourth-order valence-corrected chi connectivity index (χ4v) is 1.85. The van der Waals surface area contributed by atoms with Crippen molar-refractivity contribution < 1.29 is 4.74 Å². The fourth-order valence-electron chi connectivity index (χ4n) is 1.85. The van der Waals surface area contributed by atoms with Gasteiger partial charge in [0, 0.05) is 23.8 Å². The Morgan fingerprint density at radius 1 is 1.17 bits per heavy atom. The number of nitrogens with one attached hydrogen (secondary N) is 1. The molecule has 1 heterocycles. The summed E-state index contributed by atoms with van der Waals surface area (Å²) in [6.45, 7) is 5.99. The van der Waals surface area contributed by atoms with Gasteiger partial charge in [0.25, 0.3) is 0 Å². The average Bonchev–Trinajstić information content (AvgIpc) is 2.42. The number of hydrogen-bond acceptors (Lipinski definition) is 3. The number of fused-ring (bicyclic) bond motifs is 1. The predicted octanol–water partition coefficient (Wildman–Crippen LogP) is 3.85. The second-order valence-corrected chi connectivity index (χ2v) is 4.31. The van der Waals surface area contributed by atoms with Gasteiger partial charge in [-0.25, -0.2) is 0 Å². The third-order valence-corrected chi connectivity index (χ3v) is 2.75. The van der Waals surface area contributed by atoms with Crippen molar-refractivity contribution in [2.75, 3.05) is 18.5 Å². The monoisotopic (exact) mass is 244 g/mol. The van der Waals surface area contributed by atoms with Crippen molar-refractivity contribution in [2.45, 2.75) is 26.7 Å². The van der Waals surface area contributed by atoms with Crippen LogP contribution < -0.4 is 10.1 Å². The van der Waals surface area contributed by atoms with E-state index in [1.165, 1.54) is 0 Å². The van der Waals surface area contributed by atoms with Crippen molar-refractivity contribution in [3.8, 4) is 5.75 Å². The lowest BCUT2D eigenvalue weighted by atomic mass is 10.1. The first kappa shape index (κ1) is 12.7. The number of ether oxygens (including phenoxy) is 1. The molecule has 18 heavy (non-hydrogen) atoms. The van der Waals surface area contributed by atoms with Gasteiger partial charge in [-0.1, -0.05) is 13.8 Å². The molecule has 0 unspecified atom stereocenters. The summed E-state index contributed by atoms with van der Waals surface area (Å²) >= 11 is 0. The molecule has 1 aromatic carbocycles. The van der Waals surface area contributed by atoms with Gasteiger partial charge in [0.2, 0.25) is 0 Å². The minimum absolute atomic E-state index is 0.753. The third-order valence-electron chi connectivity index (χ3n) is 2.75. The number of anilines is 1. The fraction of sp³-hybridized carbons (Fsp3) is 0.400. The normalized spacial score (nSPS) is 10.6. The molecule has 1 aromatic heterocycles. The summed E-state index contributed by atoms with van der Waals surface area (Å²) in [7, 11) is 0. The molecule has 1 N–H and O–H groups in total. The highest BCUT2D eigenvalue weighted by Crippen LogP contribution is 2.26. The summed E-state index contributed by atoms with van der Waals surface area (Å²) in [6, 6.07) is 8.07. The highest BCUT2D eigenvalue weighted by molar-refractivity contribution is 5.92. The van der Waals surface area contributed by atoms with E-state index in [4.69, 9.17) is 4.74 Å². The summed E-state index contributed by atoms with van der Waals surface area (Å²) in [6.07, 6.45) is 3.97. The molecule has 0 spiro atoms. The number of benzene rings is 1. The summed E-state index contributed by atoms with van der Waals surface area (Å²) in [5.41, 5.74) is 2.13. The Morgan fingerprint density at radius 2 is 2.06 bits per heavy atom. The maximum absolute atomic E-state index is 5.67. The Hall–Kier alpha value is -1.77. The topological polar surface area (TPSA) is 34.2 Å². The molecule has 0 aliphatic carbocycles. The van der Waals surface area contributed by atoms with E-state index in [9.17, 15) is 0 Å². The summed E-state index contributed by atoms with van der Waals surface area (Å²) in [5.74, 6) is 0.914. The van der Waals surface area contributed by atoms with Crippen molar-refractivity contribution in [1.29, 1.82) is 0 Å².